The van der Waals surface area contributed by atoms with Gasteiger partial charge in [-0.1, -0.05) is 76.6 Å². The number of nitrogens with zero attached hydrogens (tertiary/aromatic N) is 1. The number of carbonyl (C=O) groups excluding carboxylic acids is 2. The van der Waals surface area contributed by atoms with Crippen LogP contribution in [0.15, 0.2) is 64.2 Å². The van der Waals surface area contributed by atoms with Crippen LogP contribution >= 0.6 is 0 Å². The van der Waals surface area contributed by atoms with Gasteiger partial charge < -0.3 is 20.7 Å². The van der Waals surface area contributed by atoms with Gasteiger partial charge in [0, 0.05) is 6.42 Å². The number of hydrogen-bond acceptors (Lipinski definition) is 5. The highest BCUT2D eigenvalue weighted by atomic mass is 16.4. The molecule has 0 fully saturated rings. The van der Waals surface area contributed by atoms with Gasteiger partial charge in [0.05, 0.1) is 10.9 Å². The van der Waals surface area contributed by atoms with Crippen LogP contribution in [0.2, 0.25) is 0 Å². The van der Waals surface area contributed by atoms with E-state index in [1.165, 1.54) is 0 Å². The molecular weight excluding hydrogens is 488 g/mol. The molecule has 1 aromatic heterocycles. The summed E-state index contributed by atoms with van der Waals surface area (Å²) in [6, 6.07) is 12.0. The average Bonchev–Trinajstić information content (AvgIpc) is 2.89. The van der Waals surface area contributed by atoms with Crippen LogP contribution in [0.25, 0.3) is 10.9 Å². The van der Waals surface area contributed by atoms with Crippen LogP contribution in [-0.2, 0) is 20.8 Å². The maximum Gasteiger partial charge on any atom is 0.329 e. The lowest BCUT2D eigenvalue weighted by Crippen LogP contribution is -2.57. The molecule has 0 aliphatic rings. The fourth-order valence-corrected chi connectivity index (χ4v) is 4.31. The van der Waals surface area contributed by atoms with Gasteiger partial charge >= 0.3 is 11.7 Å². The number of rotatable bonds is 11. The molecule has 0 aliphatic carbocycles. The normalized spacial score (nSPS) is 14.4. The molecule has 3 aromatic rings. The van der Waals surface area contributed by atoms with Gasteiger partial charge in [0.15, 0.2) is 0 Å². The molecule has 4 atom stereocenters. The highest BCUT2D eigenvalue weighted by Gasteiger charge is 2.34. The van der Waals surface area contributed by atoms with Gasteiger partial charge in [0.2, 0.25) is 11.8 Å². The summed E-state index contributed by atoms with van der Waals surface area (Å²) in [5.41, 5.74) is -0.318. The fraction of sp³-hybridized carbons (Fsp3) is 0.393. The van der Waals surface area contributed by atoms with Crippen LogP contribution in [0.4, 0.5) is 0 Å². The van der Waals surface area contributed by atoms with E-state index in [1.807, 2.05) is 13.0 Å². The molecule has 202 valence electrons. The number of H-pyrrole nitrogens is 1. The Morgan fingerprint density at radius 1 is 0.895 bits per heavy atom. The first-order chi connectivity index (χ1) is 18.0. The summed E-state index contributed by atoms with van der Waals surface area (Å²) in [6.07, 6.45) is 0.532. The van der Waals surface area contributed by atoms with Crippen molar-refractivity contribution in [2.75, 3.05) is 0 Å². The summed E-state index contributed by atoms with van der Waals surface area (Å²) in [5, 5.41) is 15.0. The summed E-state index contributed by atoms with van der Waals surface area (Å²) in [6.45, 7) is 6.94. The van der Waals surface area contributed by atoms with E-state index in [-0.39, 0.29) is 23.6 Å². The summed E-state index contributed by atoms with van der Waals surface area (Å²) >= 11 is 0. The first-order valence-electron chi connectivity index (χ1n) is 12.7. The van der Waals surface area contributed by atoms with E-state index in [1.54, 1.807) is 69.3 Å². The second kappa shape index (κ2) is 12.4. The Labute approximate surface area is 220 Å². The molecule has 2 aromatic carbocycles. The minimum absolute atomic E-state index is 0.0204. The molecule has 1 heterocycles. The van der Waals surface area contributed by atoms with E-state index in [0.29, 0.717) is 17.5 Å². The largest absolute Gasteiger partial charge is 0.480 e. The van der Waals surface area contributed by atoms with Crippen molar-refractivity contribution < 1.29 is 19.5 Å². The molecule has 0 unspecified atom stereocenters. The SMILES string of the molecule is CC[C@@H](C)[C@H](NC(=O)[C@H](Cc1ccccc1)n1c(=O)[nH]c2ccccc2c1=O)C(=O)N[C@@H](C(=O)O)C(C)C. The molecule has 0 bridgehead atoms. The lowest BCUT2D eigenvalue weighted by atomic mass is 9.96. The third kappa shape index (κ3) is 6.37. The van der Waals surface area contributed by atoms with Gasteiger partial charge in [0.25, 0.3) is 5.56 Å². The Hall–Kier alpha value is -4.21. The first kappa shape index (κ1) is 28.4. The third-order valence-corrected chi connectivity index (χ3v) is 6.75. The Morgan fingerprint density at radius 2 is 1.50 bits per heavy atom. The second-order valence-corrected chi connectivity index (χ2v) is 9.80. The van der Waals surface area contributed by atoms with Gasteiger partial charge in [-0.05, 0) is 29.5 Å². The van der Waals surface area contributed by atoms with E-state index in [0.717, 1.165) is 4.57 Å². The van der Waals surface area contributed by atoms with Crippen LogP contribution < -0.4 is 21.9 Å². The number of benzene rings is 2. The van der Waals surface area contributed by atoms with Crippen molar-refractivity contribution in [3.8, 4) is 0 Å². The Balaban J connectivity index is 2.04. The second-order valence-electron chi connectivity index (χ2n) is 9.80. The topological polar surface area (TPSA) is 150 Å². The Morgan fingerprint density at radius 3 is 2.11 bits per heavy atom. The minimum atomic E-state index is -1.27. The number of aliphatic carboxylic acids is 1. The summed E-state index contributed by atoms with van der Waals surface area (Å²) in [5.74, 6) is -3.27. The standard InChI is InChI=1S/C28H34N4O6/c1-5-17(4)23(25(34)30-22(16(2)3)27(36)37)31-24(33)21(15-18-11-7-6-8-12-18)32-26(35)19-13-9-10-14-20(19)29-28(32)38/h6-14,16-17,21-23H,5,15H2,1-4H3,(H,29,38)(H,30,34)(H,31,33)(H,36,37)/t17-,21+,22-,23+/m1/s1. The molecule has 4 N–H and O–H groups in total. The average molecular weight is 523 g/mol. The van der Waals surface area contributed by atoms with Crippen molar-refractivity contribution in [1.29, 1.82) is 0 Å². The van der Waals surface area contributed by atoms with Crippen LogP contribution in [0, 0.1) is 11.8 Å². The van der Waals surface area contributed by atoms with Gasteiger partial charge in [-0.25, -0.2) is 14.2 Å². The molecule has 10 heteroatoms. The molecule has 3 rings (SSSR count). The quantitative estimate of drug-likeness (QED) is 0.303. The van der Waals surface area contributed by atoms with Crippen molar-refractivity contribution >= 4 is 28.7 Å². The van der Waals surface area contributed by atoms with Crippen molar-refractivity contribution in [3.05, 3.63) is 81.0 Å². The fourth-order valence-electron chi connectivity index (χ4n) is 4.31. The molecule has 0 aliphatic heterocycles. The lowest BCUT2D eigenvalue weighted by Gasteiger charge is -2.28. The van der Waals surface area contributed by atoms with E-state index in [9.17, 15) is 29.1 Å². The molecule has 38 heavy (non-hydrogen) atoms. The first-order valence-corrected chi connectivity index (χ1v) is 12.7. The van der Waals surface area contributed by atoms with Gasteiger partial charge in [-0.3, -0.25) is 14.4 Å². The number of carboxylic acids is 1. The molecule has 2 amide bonds. The highest BCUT2D eigenvalue weighted by molar-refractivity contribution is 5.92. The smallest absolute Gasteiger partial charge is 0.329 e. The molecular formula is C28H34N4O6. The van der Waals surface area contributed by atoms with Crippen molar-refractivity contribution in [3.63, 3.8) is 0 Å². The Kier molecular flexibility index (Phi) is 9.22. The van der Waals surface area contributed by atoms with Crippen molar-refractivity contribution in [2.24, 2.45) is 11.8 Å². The van der Waals surface area contributed by atoms with E-state index in [4.69, 9.17) is 0 Å². The summed E-state index contributed by atoms with van der Waals surface area (Å²) in [4.78, 5) is 67.8. The highest BCUT2D eigenvalue weighted by Crippen LogP contribution is 2.16. The van der Waals surface area contributed by atoms with Crippen LogP contribution in [0.1, 0.15) is 45.7 Å². The Bertz CT molecular complexity index is 1410. The van der Waals surface area contributed by atoms with Crippen LogP contribution in [0.3, 0.4) is 0 Å². The zero-order valence-electron chi connectivity index (χ0n) is 21.9. The predicted octanol–water partition coefficient (Wildman–Crippen LogP) is 2.23. The monoisotopic (exact) mass is 522 g/mol. The van der Waals surface area contributed by atoms with E-state index in [2.05, 4.69) is 15.6 Å². The minimum Gasteiger partial charge on any atom is -0.480 e. The number of carboxylic acid groups (broad SMARTS) is 1. The number of aromatic nitrogens is 2. The molecule has 0 radical (unpaired) electrons. The molecule has 0 saturated carbocycles. The van der Waals surface area contributed by atoms with Crippen molar-refractivity contribution in [2.45, 2.75) is 58.7 Å². The maximum absolute atomic E-state index is 13.8. The summed E-state index contributed by atoms with van der Waals surface area (Å²) < 4.78 is 0.879. The van der Waals surface area contributed by atoms with E-state index >= 15 is 0 Å². The van der Waals surface area contributed by atoms with Crippen LogP contribution in [0.5, 0.6) is 0 Å². The number of amides is 2. The molecule has 10 nitrogen and oxygen atoms in total. The van der Waals surface area contributed by atoms with E-state index < -0.39 is 47.2 Å². The number of fused-ring (bicyclic) bond motifs is 1. The molecule has 0 spiro atoms. The van der Waals surface area contributed by atoms with Gasteiger partial charge in [-0.15, -0.1) is 0 Å². The van der Waals surface area contributed by atoms with Crippen LogP contribution in [-0.4, -0.2) is 44.5 Å². The zero-order valence-corrected chi connectivity index (χ0v) is 21.9. The van der Waals surface area contributed by atoms with Gasteiger partial charge in [0.1, 0.15) is 18.1 Å². The number of carbonyl (C=O) groups is 3. The molecule has 0 saturated heterocycles. The maximum atomic E-state index is 13.8. The number of aromatic amines is 1. The summed E-state index contributed by atoms with van der Waals surface area (Å²) in [7, 11) is 0. The number of nitrogens with one attached hydrogen (secondary N) is 3. The van der Waals surface area contributed by atoms with Gasteiger partial charge in [-0.2, -0.15) is 0 Å². The number of hydrogen-bond donors (Lipinski definition) is 4. The third-order valence-electron chi connectivity index (χ3n) is 6.75. The zero-order chi connectivity index (χ0) is 28.0. The lowest BCUT2D eigenvalue weighted by molar-refractivity contribution is -0.143. The van der Waals surface area contributed by atoms with Crippen molar-refractivity contribution in [1.82, 2.24) is 20.2 Å². The predicted molar refractivity (Wildman–Crippen MR) is 144 cm³/mol. The number of para-hydroxylation sites is 1.